The van der Waals surface area contributed by atoms with E-state index < -0.39 is 17.5 Å². The molecule has 5 rings (SSSR count). The van der Waals surface area contributed by atoms with E-state index in [4.69, 9.17) is 31.3 Å². The third-order valence-electron chi connectivity index (χ3n) is 9.27. The quantitative estimate of drug-likeness (QED) is 0.125. The molecular formula is C40H46F3N5O3. The molecule has 0 amide bonds. The Morgan fingerprint density at radius 3 is 1.63 bits per heavy atom. The maximum atomic E-state index is 13.6. The van der Waals surface area contributed by atoms with Crippen molar-refractivity contribution in [2.24, 2.45) is 11.8 Å². The van der Waals surface area contributed by atoms with E-state index in [-0.39, 0.29) is 16.8 Å². The summed E-state index contributed by atoms with van der Waals surface area (Å²) in [6, 6.07) is 16.6. The number of halogens is 3. The molecule has 8 nitrogen and oxygen atoms in total. The molecule has 51 heavy (non-hydrogen) atoms. The van der Waals surface area contributed by atoms with Gasteiger partial charge in [0.25, 0.3) is 0 Å². The monoisotopic (exact) mass is 701 g/mol. The molecule has 11 heteroatoms. The summed E-state index contributed by atoms with van der Waals surface area (Å²) in [5.41, 5.74) is 0.0943. The number of nitrogens with one attached hydrogen (secondary N) is 1. The highest BCUT2D eigenvalue weighted by molar-refractivity contribution is 5.48. The summed E-state index contributed by atoms with van der Waals surface area (Å²) in [6.07, 6.45) is 9.81. The Hall–Kier alpha value is -4.76. The van der Waals surface area contributed by atoms with Crippen LogP contribution in [0.3, 0.4) is 0 Å². The van der Waals surface area contributed by atoms with Crippen molar-refractivity contribution in [1.29, 1.82) is 10.5 Å². The van der Waals surface area contributed by atoms with E-state index in [9.17, 15) is 13.2 Å². The summed E-state index contributed by atoms with van der Waals surface area (Å²) in [7, 11) is 0. The van der Waals surface area contributed by atoms with Crippen molar-refractivity contribution in [3.05, 3.63) is 94.6 Å². The highest BCUT2D eigenvalue weighted by atomic mass is 19.1. The van der Waals surface area contributed by atoms with E-state index in [2.05, 4.69) is 15.1 Å². The van der Waals surface area contributed by atoms with E-state index >= 15 is 0 Å². The van der Waals surface area contributed by atoms with Gasteiger partial charge in [0.05, 0.1) is 37.5 Å². The third kappa shape index (κ3) is 13.5. The van der Waals surface area contributed by atoms with Crippen LogP contribution in [0.5, 0.6) is 17.2 Å². The Kier molecular flexibility index (Phi) is 16.4. The first-order chi connectivity index (χ1) is 24.9. The number of hydrogen-bond acceptors (Lipinski definition) is 7. The average molecular weight is 702 g/mol. The number of ether oxygens (including phenoxy) is 3. The average Bonchev–Trinajstić information content (AvgIpc) is 3.15. The predicted molar refractivity (Wildman–Crippen MR) is 189 cm³/mol. The summed E-state index contributed by atoms with van der Waals surface area (Å²) in [6.45, 7) is 13.8. The molecule has 2 fully saturated rings. The normalized spacial score (nSPS) is 15.1. The lowest BCUT2D eigenvalue weighted by molar-refractivity contribution is 0.161. The largest absolute Gasteiger partial charge is 0.494 e. The fraction of sp³-hybridized carbons (Fsp3) is 0.475. The maximum absolute atomic E-state index is 13.6. The van der Waals surface area contributed by atoms with E-state index in [1.807, 2.05) is 0 Å². The minimum absolute atomic E-state index is 0.00920. The second-order valence-electron chi connectivity index (χ2n) is 12.9. The molecule has 0 bridgehead atoms. The van der Waals surface area contributed by atoms with Gasteiger partial charge in [-0.2, -0.15) is 10.5 Å². The van der Waals surface area contributed by atoms with Gasteiger partial charge >= 0.3 is 0 Å². The fourth-order valence-electron chi connectivity index (χ4n) is 6.29. The second-order valence-corrected chi connectivity index (χ2v) is 12.9. The Morgan fingerprint density at radius 2 is 1.16 bits per heavy atom. The first-order valence-corrected chi connectivity index (χ1v) is 17.8. The number of nitriles is 2. The highest BCUT2D eigenvalue weighted by Gasteiger charge is 2.19. The summed E-state index contributed by atoms with van der Waals surface area (Å²) < 4.78 is 57.2. The van der Waals surface area contributed by atoms with Crippen molar-refractivity contribution in [3.8, 4) is 29.4 Å². The van der Waals surface area contributed by atoms with Gasteiger partial charge in [0.2, 0.25) is 5.69 Å². The molecule has 2 aliphatic rings. The van der Waals surface area contributed by atoms with Crippen LogP contribution in [-0.4, -0.2) is 57.4 Å². The molecule has 0 aliphatic carbocycles. The van der Waals surface area contributed by atoms with Gasteiger partial charge in [-0.15, -0.1) is 0 Å². The van der Waals surface area contributed by atoms with Crippen LogP contribution >= 0.6 is 0 Å². The molecule has 0 aromatic heterocycles. The number of hydrogen-bond donors (Lipinski definition) is 1. The van der Waals surface area contributed by atoms with Crippen molar-refractivity contribution in [3.63, 3.8) is 0 Å². The van der Waals surface area contributed by atoms with Crippen molar-refractivity contribution in [2.45, 2.75) is 57.8 Å². The fourth-order valence-corrected chi connectivity index (χ4v) is 6.29. The number of benzene rings is 3. The van der Waals surface area contributed by atoms with E-state index in [0.717, 1.165) is 77.2 Å². The van der Waals surface area contributed by atoms with Gasteiger partial charge in [0.15, 0.2) is 0 Å². The van der Waals surface area contributed by atoms with Gasteiger partial charge in [-0.25, -0.2) is 18.0 Å². The van der Waals surface area contributed by atoms with Gasteiger partial charge in [0, 0.05) is 24.7 Å². The molecular weight excluding hydrogens is 655 g/mol. The SMILES string of the molecule is N#Cc1ccc(OCCCC2CCNCC2)cc1F.[C-]#[N+]c1ccc(OCCCN2CCC(CCCOc3ccc(C#N)c(F)c3)CC2)cc1F. The van der Waals surface area contributed by atoms with Gasteiger partial charge in [-0.3, -0.25) is 0 Å². The van der Waals surface area contributed by atoms with Crippen LogP contribution in [0.25, 0.3) is 4.85 Å². The number of rotatable bonds is 15. The van der Waals surface area contributed by atoms with Crippen molar-refractivity contribution < 1.29 is 27.4 Å². The number of nitrogens with zero attached hydrogens (tertiary/aromatic N) is 4. The van der Waals surface area contributed by atoms with Crippen LogP contribution in [-0.2, 0) is 0 Å². The van der Waals surface area contributed by atoms with Crippen molar-refractivity contribution >= 4 is 5.69 Å². The molecule has 0 atom stereocenters. The van der Waals surface area contributed by atoms with Crippen LogP contribution in [0.1, 0.15) is 68.9 Å². The lowest BCUT2D eigenvalue weighted by Crippen LogP contribution is -2.35. The molecule has 270 valence electrons. The third-order valence-corrected chi connectivity index (χ3v) is 9.27. The van der Waals surface area contributed by atoms with Gasteiger partial charge in [-0.05, 0) is 132 Å². The van der Waals surface area contributed by atoms with Gasteiger partial charge < -0.3 is 24.4 Å². The molecule has 0 unspecified atom stereocenters. The van der Waals surface area contributed by atoms with E-state index in [1.165, 1.54) is 55.7 Å². The second kappa shape index (κ2) is 21.5. The molecule has 0 saturated carbocycles. The number of piperidine rings is 2. The minimum Gasteiger partial charge on any atom is -0.494 e. The van der Waals surface area contributed by atoms with Crippen LogP contribution in [0.15, 0.2) is 54.6 Å². The Bertz CT molecular complexity index is 1570. The van der Waals surface area contributed by atoms with E-state index in [1.54, 1.807) is 30.3 Å². The molecule has 1 N–H and O–H groups in total. The van der Waals surface area contributed by atoms with Crippen LogP contribution in [0.2, 0.25) is 0 Å². The Labute approximate surface area is 299 Å². The summed E-state index contributed by atoms with van der Waals surface area (Å²) in [5, 5.41) is 20.7. The molecule has 2 heterocycles. The minimum atomic E-state index is -0.548. The van der Waals surface area contributed by atoms with Crippen LogP contribution in [0.4, 0.5) is 18.9 Å². The van der Waals surface area contributed by atoms with Crippen molar-refractivity contribution in [2.75, 3.05) is 52.5 Å². The molecule has 3 aromatic carbocycles. The van der Waals surface area contributed by atoms with E-state index in [0.29, 0.717) is 43.0 Å². The topological polar surface area (TPSA) is 94.9 Å². The lowest BCUT2D eigenvalue weighted by atomic mass is 9.92. The summed E-state index contributed by atoms with van der Waals surface area (Å²) >= 11 is 0. The number of likely N-dealkylation sites (tertiary alicyclic amines) is 1. The Balaban J connectivity index is 0.000000261. The highest BCUT2D eigenvalue weighted by Crippen LogP contribution is 2.25. The predicted octanol–water partition coefficient (Wildman–Crippen LogP) is 8.58. The standard InChI is InChI=1S/C25H27F2N3O2.C15H19FN2O/c1-29-25-8-7-22(17-24(25)27)32-15-3-11-30-12-9-19(10-13-30)4-2-14-31-21-6-5-20(18-28)23(26)16-21;16-15-10-14(4-3-13(15)11-17)19-9-1-2-12-5-7-18-8-6-12/h5-8,16-17,19H,2-4,9-15H2;3-4,10,12,18H,1-2,5-9H2. The summed E-state index contributed by atoms with van der Waals surface area (Å²) in [5.74, 6) is 1.28. The summed E-state index contributed by atoms with van der Waals surface area (Å²) in [4.78, 5) is 5.53. The molecule has 0 spiro atoms. The van der Waals surface area contributed by atoms with Gasteiger partial charge in [0.1, 0.15) is 46.8 Å². The van der Waals surface area contributed by atoms with Crippen LogP contribution in [0, 0.1) is 58.5 Å². The van der Waals surface area contributed by atoms with Gasteiger partial charge in [-0.1, -0.05) is 0 Å². The lowest BCUT2D eigenvalue weighted by Gasteiger charge is -2.32. The van der Waals surface area contributed by atoms with Crippen LogP contribution < -0.4 is 19.5 Å². The molecule has 0 radical (unpaired) electrons. The first-order valence-electron chi connectivity index (χ1n) is 17.8. The zero-order chi connectivity index (χ0) is 36.3. The zero-order valence-electron chi connectivity index (χ0n) is 29.0. The van der Waals surface area contributed by atoms with Crippen molar-refractivity contribution in [1.82, 2.24) is 10.2 Å². The smallest absolute Gasteiger partial charge is 0.222 e. The Morgan fingerprint density at radius 1 is 0.686 bits per heavy atom. The molecule has 2 aliphatic heterocycles. The molecule has 2 saturated heterocycles. The first kappa shape index (κ1) is 39.0. The zero-order valence-corrected chi connectivity index (χ0v) is 29.0. The maximum Gasteiger partial charge on any atom is 0.222 e. The molecule has 3 aromatic rings.